The van der Waals surface area contributed by atoms with Crippen LogP contribution in [0, 0.1) is 11.8 Å². The third-order valence-electron chi connectivity index (χ3n) is 3.17. The summed E-state index contributed by atoms with van der Waals surface area (Å²) in [6.45, 7) is 3.59. The maximum atomic E-state index is 3.22. The van der Waals surface area contributed by atoms with E-state index in [0.29, 0.717) is 0 Å². The van der Waals surface area contributed by atoms with Crippen molar-refractivity contribution in [2.45, 2.75) is 45.4 Å². The number of nitrogens with one attached hydrogen (secondary N) is 1. The fraction of sp³-hybridized carbons (Fsp3) is 1.00. The van der Waals surface area contributed by atoms with Crippen molar-refractivity contribution < 1.29 is 0 Å². The molecule has 1 heteroatoms. The number of rotatable bonds is 4. The second-order valence-electron chi connectivity index (χ2n) is 4.37. The zero-order chi connectivity index (χ0) is 8.81. The van der Waals surface area contributed by atoms with Crippen molar-refractivity contribution >= 4 is 0 Å². The molecular formula is C11H23N. The molecule has 0 aliphatic heterocycles. The Morgan fingerprint density at radius 2 is 1.83 bits per heavy atom. The maximum Gasteiger partial charge on any atom is -0.00518 e. The largest absolute Gasteiger partial charge is 0.320 e. The molecular weight excluding hydrogens is 146 g/mol. The van der Waals surface area contributed by atoms with Crippen LogP contribution < -0.4 is 5.32 Å². The van der Waals surface area contributed by atoms with Gasteiger partial charge in [-0.05, 0) is 38.3 Å². The predicted molar refractivity (Wildman–Crippen MR) is 54.3 cm³/mol. The topological polar surface area (TPSA) is 12.0 Å². The van der Waals surface area contributed by atoms with Crippen LogP contribution in [-0.4, -0.2) is 13.6 Å². The third kappa shape index (κ3) is 3.57. The Hall–Kier alpha value is -0.0400. The first-order valence-corrected chi connectivity index (χ1v) is 5.47. The first-order valence-electron chi connectivity index (χ1n) is 5.47. The molecule has 1 nitrogen and oxygen atoms in total. The predicted octanol–water partition coefficient (Wildman–Crippen LogP) is 2.81. The molecule has 0 amide bonds. The lowest BCUT2D eigenvalue weighted by atomic mass is 9.81. The summed E-state index contributed by atoms with van der Waals surface area (Å²) in [6, 6.07) is 0. The van der Waals surface area contributed by atoms with E-state index >= 15 is 0 Å². The summed E-state index contributed by atoms with van der Waals surface area (Å²) in [5.41, 5.74) is 0. The third-order valence-corrected chi connectivity index (χ3v) is 3.17. The van der Waals surface area contributed by atoms with Crippen LogP contribution in [0.5, 0.6) is 0 Å². The van der Waals surface area contributed by atoms with E-state index in [2.05, 4.69) is 12.2 Å². The average molecular weight is 169 g/mol. The normalized spacial score (nSPS) is 30.5. The summed E-state index contributed by atoms with van der Waals surface area (Å²) < 4.78 is 0. The van der Waals surface area contributed by atoms with Crippen LogP contribution in [-0.2, 0) is 0 Å². The molecule has 0 unspecified atom stereocenters. The van der Waals surface area contributed by atoms with Crippen LogP contribution in [0.15, 0.2) is 0 Å². The van der Waals surface area contributed by atoms with Crippen molar-refractivity contribution in [2.24, 2.45) is 11.8 Å². The maximum absolute atomic E-state index is 3.22. The van der Waals surface area contributed by atoms with Gasteiger partial charge in [0, 0.05) is 0 Å². The monoisotopic (exact) mass is 169 g/mol. The van der Waals surface area contributed by atoms with Gasteiger partial charge in [0.2, 0.25) is 0 Å². The second kappa shape index (κ2) is 5.58. The molecule has 0 heterocycles. The zero-order valence-corrected chi connectivity index (χ0v) is 8.60. The summed E-state index contributed by atoms with van der Waals surface area (Å²) in [5, 5.41) is 3.22. The smallest absolute Gasteiger partial charge is 0.00518 e. The Morgan fingerprint density at radius 1 is 1.17 bits per heavy atom. The summed E-state index contributed by atoms with van der Waals surface area (Å²) in [6.07, 6.45) is 8.76. The van der Waals surface area contributed by atoms with Gasteiger partial charge in [-0.15, -0.1) is 0 Å². The molecule has 0 spiro atoms. The molecule has 1 aliphatic carbocycles. The number of hydrogen-bond acceptors (Lipinski definition) is 1. The molecule has 0 aromatic heterocycles. The van der Waals surface area contributed by atoms with E-state index in [0.717, 1.165) is 11.8 Å². The molecule has 1 saturated carbocycles. The minimum atomic E-state index is 1.01. The van der Waals surface area contributed by atoms with Crippen LogP contribution in [0.4, 0.5) is 0 Å². The lowest BCUT2D eigenvalue weighted by molar-refractivity contribution is 0.273. The van der Waals surface area contributed by atoms with Gasteiger partial charge < -0.3 is 5.32 Å². The van der Waals surface area contributed by atoms with Crippen LogP contribution in [0.25, 0.3) is 0 Å². The summed E-state index contributed by atoms with van der Waals surface area (Å²) in [5.74, 6) is 2.06. The molecule has 0 atom stereocenters. The Morgan fingerprint density at radius 3 is 2.42 bits per heavy atom. The van der Waals surface area contributed by atoms with E-state index in [-0.39, 0.29) is 0 Å². The number of hydrogen-bond donors (Lipinski definition) is 1. The van der Waals surface area contributed by atoms with E-state index in [1.807, 2.05) is 7.05 Å². The highest BCUT2D eigenvalue weighted by Gasteiger charge is 2.17. The Bertz CT molecular complexity index is 104. The van der Waals surface area contributed by atoms with Gasteiger partial charge in [-0.25, -0.2) is 0 Å². The highest BCUT2D eigenvalue weighted by molar-refractivity contribution is 4.70. The summed E-state index contributed by atoms with van der Waals surface area (Å²) in [4.78, 5) is 0. The fourth-order valence-electron chi connectivity index (χ4n) is 2.19. The van der Waals surface area contributed by atoms with Gasteiger partial charge >= 0.3 is 0 Å². The van der Waals surface area contributed by atoms with Gasteiger partial charge in [0.15, 0.2) is 0 Å². The van der Waals surface area contributed by atoms with E-state index in [1.54, 1.807) is 0 Å². The van der Waals surface area contributed by atoms with E-state index in [9.17, 15) is 0 Å². The minimum absolute atomic E-state index is 1.01. The van der Waals surface area contributed by atoms with Gasteiger partial charge in [0.1, 0.15) is 0 Å². The van der Waals surface area contributed by atoms with E-state index < -0.39 is 0 Å². The molecule has 12 heavy (non-hydrogen) atoms. The molecule has 0 radical (unpaired) electrons. The first-order chi connectivity index (χ1) is 5.83. The molecule has 0 aromatic rings. The van der Waals surface area contributed by atoms with Crippen molar-refractivity contribution in [1.82, 2.24) is 5.32 Å². The standard InChI is InChI=1S/C11H23N/c1-10-5-7-11(8-6-10)4-3-9-12-2/h10-12H,3-9H2,1-2H3. The van der Waals surface area contributed by atoms with Gasteiger partial charge in [-0.3, -0.25) is 0 Å². The SMILES string of the molecule is CNCCCC1CCC(C)CC1. The Labute approximate surface area is 76.9 Å². The van der Waals surface area contributed by atoms with Crippen molar-refractivity contribution in [1.29, 1.82) is 0 Å². The van der Waals surface area contributed by atoms with Gasteiger partial charge in [0.05, 0.1) is 0 Å². The van der Waals surface area contributed by atoms with Crippen LogP contribution in [0.3, 0.4) is 0 Å². The second-order valence-corrected chi connectivity index (χ2v) is 4.37. The molecule has 0 saturated heterocycles. The summed E-state index contributed by atoms with van der Waals surface area (Å²) in [7, 11) is 2.04. The summed E-state index contributed by atoms with van der Waals surface area (Å²) >= 11 is 0. The van der Waals surface area contributed by atoms with Crippen LogP contribution in [0.1, 0.15) is 45.4 Å². The highest BCUT2D eigenvalue weighted by Crippen LogP contribution is 2.30. The van der Waals surface area contributed by atoms with Crippen molar-refractivity contribution in [3.05, 3.63) is 0 Å². The van der Waals surface area contributed by atoms with Crippen LogP contribution in [0.2, 0.25) is 0 Å². The van der Waals surface area contributed by atoms with Crippen molar-refractivity contribution in [3.8, 4) is 0 Å². The van der Waals surface area contributed by atoms with Crippen molar-refractivity contribution in [3.63, 3.8) is 0 Å². The molecule has 1 fully saturated rings. The van der Waals surface area contributed by atoms with E-state index in [1.165, 1.54) is 45.1 Å². The lowest BCUT2D eigenvalue weighted by Gasteiger charge is -2.25. The zero-order valence-electron chi connectivity index (χ0n) is 8.60. The fourth-order valence-corrected chi connectivity index (χ4v) is 2.19. The van der Waals surface area contributed by atoms with E-state index in [4.69, 9.17) is 0 Å². The molecule has 0 bridgehead atoms. The molecule has 0 aromatic carbocycles. The Kier molecular flexibility index (Phi) is 4.67. The molecule has 1 aliphatic rings. The first kappa shape index (κ1) is 10.0. The molecule has 1 rings (SSSR count). The lowest BCUT2D eigenvalue weighted by Crippen LogP contribution is -2.14. The van der Waals surface area contributed by atoms with Gasteiger partial charge in [-0.2, -0.15) is 0 Å². The van der Waals surface area contributed by atoms with Crippen LogP contribution >= 0.6 is 0 Å². The van der Waals surface area contributed by atoms with Gasteiger partial charge in [-0.1, -0.05) is 32.6 Å². The molecule has 1 N–H and O–H groups in total. The average Bonchev–Trinajstić information content (AvgIpc) is 2.09. The quantitative estimate of drug-likeness (QED) is 0.638. The minimum Gasteiger partial charge on any atom is -0.320 e. The molecule has 72 valence electrons. The van der Waals surface area contributed by atoms with Gasteiger partial charge in [0.25, 0.3) is 0 Å². The van der Waals surface area contributed by atoms with Crippen molar-refractivity contribution in [2.75, 3.05) is 13.6 Å². The Balaban J connectivity index is 2.01. The highest BCUT2D eigenvalue weighted by atomic mass is 14.8.